The normalized spacial score (nSPS) is 35.2. The highest BCUT2D eigenvalue weighted by Gasteiger charge is 2.38. The second-order valence-corrected chi connectivity index (χ2v) is 6.63. The largest absolute Gasteiger partial charge is 0.381 e. The molecule has 0 spiro atoms. The number of nitrogens with two attached hydrogens (primary N) is 1. The molecule has 0 radical (unpaired) electrons. The fourth-order valence-electron chi connectivity index (χ4n) is 3.71. The van der Waals surface area contributed by atoms with Crippen LogP contribution < -0.4 is 5.73 Å². The van der Waals surface area contributed by atoms with Crippen molar-refractivity contribution in [2.75, 3.05) is 52.5 Å². The summed E-state index contributed by atoms with van der Waals surface area (Å²) in [5, 5.41) is 0. The minimum atomic E-state index is 0.224. The van der Waals surface area contributed by atoms with Crippen LogP contribution in [0.15, 0.2) is 0 Å². The molecule has 19 heavy (non-hydrogen) atoms. The Labute approximate surface area is 117 Å². The van der Waals surface area contributed by atoms with E-state index >= 15 is 0 Å². The molecule has 0 aromatic heterocycles. The lowest BCUT2D eigenvalue weighted by Gasteiger charge is -2.47. The topological polar surface area (TPSA) is 41.7 Å². The number of nitrogens with zero attached hydrogens (tertiary/aromatic N) is 2. The van der Waals surface area contributed by atoms with Crippen molar-refractivity contribution < 1.29 is 4.74 Å². The van der Waals surface area contributed by atoms with Gasteiger partial charge in [0.1, 0.15) is 0 Å². The van der Waals surface area contributed by atoms with Crippen LogP contribution in [0.4, 0.5) is 0 Å². The maximum atomic E-state index is 6.15. The molecule has 3 fully saturated rings. The Kier molecular flexibility index (Phi) is 4.42. The lowest BCUT2D eigenvalue weighted by molar-refractivity contribution is 0.0210. The standard InChI is InChI=1S/C15H29N3O/c16-13-15(4-1-10-19-11-5-15)18-8-6-17(7-9-18)12-14-2-3-14/h14H,1-13,16H2. The van der Waals surface area contributed by atoms with Crippen LogP contribution in [0.3, 0.4) is 0 Å². The minimum absolute atomic E-state index is 0.224. The lowest BCUT2D eigenvalue weighted by atomic mass is 9.88. The Balaban J connectivity index is 1.55. The summed E-state index contributed by atoms with van der Waals surface area (Å²) in [7, 11) is 0. The smallest absolute Gasteiger partial charge is 0.0484 e. The summed E-state index contributed by atoms with van der Waals surface area (Å²) in [4.78, 5) is 5.33. The van der Waals surface area contributed by atoms with Gasteiger partial charge < -0.3 is 15.4 Å². The first kappa shape index (κ1) is 13.8. The fourth-order valence-corrected chi connectivity index (χ4v) is 3.71. The van der Waals surface area contributed by atoms with Crippen molar-refractivity contribution in [3.05, 3.63) is 0 Å². The van der Waals surface area contributed by atoms with Crippen LogP contribution in [0.5, 0.6) is 0 Å². The van der Waals surface area contributed by atoms with Crippen molar-refractivity contribution in [2.45, 2.75) is 37.6 Å². The van der Waals surface area contributed by atoms with Gasteiger partial charge in [-0.05, 0) is 38.0 Å². The average molecular weight is 267 g/mol. The Morgan fingerprint density at radius 2 is 1.84 bits per heavy atom. The second-order valence-electron chi connectivity index (χ2n) is 6.63. The van der Waals surface area contributed by atoms with Crippen LogP contribution in [0.1, 0.15) is 32.1 Å². The molecule has 2 heterocycles. The van der Waals surface area contributed by atoms with Gasteiger partial charge in [0.25, 0.3) is 0 Å². The molecule has 4 heteroatoms. The van der Waals surface area contributed by atoms with Gasteiger partial charge in [-0.2, -0.15) is 0 Å². The molecule has 1 atom stereocenters. The molecule has 0 amide bonds. The maximum Gasteiger partial charge on any atom is 0.0484 e. The van der Waals surface area contributed by atoms with Gasteiger partial charge in [-0.1, -0.05) is 0 Å². The van der Waals surface area contributed by atoms with Crippen LogP contribution in [0, 0.1) is 5.92 Å². The zero-order valence-electron chi connectivity index (χ0n) is 12.1. The molecule has 1 aliphatic carbocycles. The fraction of sp³-hybridized carbons (Fsp3) is 1.00. The van der Waals surface area contributed by atoms with Gasteiger partial charge in [0, 0.05) is 58.0 Å². The predicted molar refractivity (Wildman–Crippen MR) is 77.2 cm³/mol. The van der Waals surface area contributed by atoms with Crippen molar-refractivity contribution in [2.24, 2.45) is 11.7 Å². The van der Waals surface area contributed by atoms with Gasteiger partial charge in [-0.15, -0.1) is 0 Å². The molecule has 4 nitrogen and oxygen atoms in total. The molecule has 2 saturated heterocycles. The Bertz CT molecular complexity index is 277. The van der Waals surface area contributed by atoms with E-state index in [1.54, 1.807) is 0 Å². The van der Waals surface area contributed by atoms with Crippen LogP contribution in [-0.2, 0) is 4.74 Å². The van der Waals surface area contributed by atoms with Crippen LogP contribution in [0.25, 0.3) is 0 Å². The molecular weight excluding hydrogens is 238 g/mol. The number of hydrogen-bond acceptors (Lipinski definition) is 4. The Hall–Kier alpha value is -0.160. The van der Waals surface area contributed by atoms with Crippen molar-refractivity contribution in [1.29, 1.82) is 0 Å². The lowest BCUT2D eigenvalue weighted by Crippen LogP contribution is -2.60. The molecule has 0 bridgehead atoms. The third-order valence-electron chi connectivity index (χ3n) is 5.28. The first-order valence-corrected chi connectivity index (χ1v) is 8.08. The van der Waals surface area contributed by atoms with Gasteiger partial charge in [0.2, 0.25) is 0 Å². The molecule has 1 saturated carbocycles. The molecule has 3 aliphatic rings. The van der Waals surface area contributed by atoms with E-state index in [0.29, 0.717) is 0 Å². The van der Waals surface area contributed by atoms with Gasteiger partial charge in [0.15, 0.2) is 0 Å². The maximum absolute atomic E-state index is 6.15. The van der Waals surface area contributed by atoms with Crippen molar-refractivity contribution in [3.8, 4) is 0 Å². The molecule has 2 N–H and O–H groups in total. The third kappa shape index (κ3) is 3.30. The molecular formula is C15H29N3O. The number of rotatable bonds is 4. The van der Waals surface area contributed by atoms with E-state index in [4.69, 9.17) is 10.5 Å². The zero-order valence-corrected chi connectivity index (χ0v) is 12.1. The van der Waals surface area contributed by atoms with E-state index in [1.807, 2.05) is 0 Å². The average Bonchev–Trinajstić information content (AvgIpc) is 3.26. The highest BCUT2D eigenvalue weighted by Crippen LogP contribution is 2.32. The summed E-state index contributed by atoms with van der Waals surface area (Å²) in [6.45, 7) is 8.81. The SMILES string of the molecule is NCC1(N2CCN(CC3CC3)CC2)CCCOCC1. The Morgan fingerprint density at radius 3 is 2.53 bits per heavy atom. The molecule has 3 rings (SSSR count). The summed E-state index contributed by atoms with van der Waals surface area (Å²) in [5.41, 5.74) is 6.38. The van der Waals surface area contributed by atoms with E-state index in [9.17, 15) is 0 Å². The molecule has 110 valence electrons. The van der Waals surface area contributed by atoms with Crippen molar-refractivity contribution >= 4 is 0 Å². The number of piperazine rings is 1. The first-order valence-electron chi connectivity index (χ1n) is 8.08. The number of hydrogen-bond donors (Lipinski definition) is 1. The molecule has 2 aliphatic heterocycles. The van der Waals surface area contributed by atoms with E-state index in [2.05, 4.69) is 9.80 Å². The minimum Gasteiger partial charge on any atom is -0.381 e. The van der Waals surface area contributed by atoms with Crippen LogP contribution in [-0.4, -0.2) is 67.8 Å². The van der Waals surface area contributed by atoms with E-state index in [1.165, 1.54) is 58.4 Å². The Morgan fingerprint density at radius 1 is 1.05 bits per heavy atom. The van der Waals surface area contributed by atoms with Crippen LogP contribution >= 0.6 is 0 Å². The zero-order chi connectivity index (χ0) is 13.1. The van der Waals surface area contributed by atoms with E-state index in [0.717, 1.165) is 32.1 Å². The van der Waals surface area contributed by atoms with Gasteiger partial charge in [0.05, 0.1) is 0 Å². The third-order valence-corrected chi connectivity index (χ3v) is 5.28. The first-order chi connectivity index (χ1) is 9.32. The molecule has 0 aromatic carbocycles. The highest BCUT2D eigenvalue weighted by atomic mass is 16.5. The molecule has 0 aromatic rings. The molecule has 1 unspecified atom stereocenters. The van der Waals surface area contributed by atoms with E-state index < -0.39 is 0 Å². The van der Waals surface area contributed by atoms with Crippen LogP contribution in [0.2, 0.25) is 0 Å². The van der Waals surface area contributed by atoms with Gasteiger partial charge in [-0.25, -0.2) is 0 Å². The monoisotopic (exact) mass is 267 g/mol. The van der Waals surface area contributed by atoms with Crippen molar-refractivity contribution in [1.82, 2.24) is 9.80 Å². The summed E-state index contributed by atoms with van der Waals surface area (Å²) < 4.78 is 5.63. The van der Waals surface area contributed by atoms with Crippen molar-refractivity contribution in [3.63, 3.8) is 0 Å². The number of ether oxygens (including phenoxy) is 1. The summed E-state index contributed by atoms with van der Waals surface area (Å²) in [6.07, 6.45) is 6.42. The van der Waals surface area contributed by atoms with Gasteiger partial charge >= 0.3 is 0 Å². The summed E-state index contributed by atoms with van der Waals surface area (Å²) >= 11 is 0. The highest BCUT2D eigenvalue weighted by molar-refractivity contribution is 4.95. The second kappa shape index (κ2) is 6.08. The summed E-state index contributed by atoms with van der Waals surface area (Å²) in [6, 6.07) is 0. The predicted octanol–water partition coefficient (Wildman–Crippen LogP) is 0.912. The van der Waals surface area contributed by atoms with Gasteiger partial charge in [-0.3, -0.25) is 4.90 Å². The quantitative estimate of drug-likeness (QED) is 0.822. The van der Waals surface area contributed by atoms with E-state index in [-0.39, 0.29) is 5.54 Å². The summed E-state index contributed by atoms with van der Waals surface area (Å²) in [5.74, 6) is 1.02.